The lowest BCUT2D eigenvalue weighted by atomic mass is 10.1. The lowest BCUT2D eigenvalue weighted by Gasteiger charge is -2.08. The van der Waals surface area contributed by atoms with Crippen LogP contribution in [-0.4, -0.2) is 25.5 Å². The Bertz CT molecular complexity index is 958. The monoisotopic (exact) mass is 377 g/mol. The summed E-state index contributed by atoms with van der Waals surface area (Å²) in [5.41, 5.74) is 1.29. The number of nitrogens with one attached hydrogen (secondary N) is 1. The summed E-state index contributed by atoms with van der Waals surface area (Å²) in [6.45, 7) is 4.49. The van der Waals surface area contributed by atoms with Gasteiger partial charge in [-0.05, 0) is 31.5 Å². The van der Waals surface area contributed by atoms with Crippen molar-refractivity contribution in [2.45, 2.75) is 33.1 Å². The van der Waals surface area contributed by atoms with Crippen molar-refractivity contribution in [3.63, 3.8) is 0 Å². The number of carbonyl (C=O) groups excluding carboxylic acids is 1. The number of anilines is 1. The molecule has 0 saturated heterocycles. The number of hydrogen-bond acceptors (Lipinski definition) is 3. The fraction of sp³-hybridized carbons (Fsp3) is 0.278. The average molecular weight is 377 g/mol. The van der Waals surface area contributed by atoms with Crippen LogP contribution in [0.4, 0.5) is 18.9 Å². The van der Waals surface area contributed by atoms with Crippen LogP contribution in [0.25, 0.3) is 0 Å². The maximum atomic E-state index is 12.8. The van der Waals surface area contributed by atoms with Gasteiger partial charge in [-0.15, -0.1) is 0 Å². The summed E-state index contributed by atoms with van der Waals surface area (Å²) >= 11 is 0. The number of carbonyl (C=O) groups is 1. The van der Waals surface area contributed by atoms with Gasteiger partial charge in [0.1, 0.15) is 0 Å². The smallest absolute Gasteiger partial charge is 0.319 e. The van der Waals surface area contributed by atoms with Crippen LogP contribution in [0.3, 0.4) is 0 Å². The zero-order valence-corrected chi connectivity index (χ0v) is 14.8. The lowest BCUT2D eigenvalue weighted by Crippen LogP contribution is -2.12. The molecule has 9 heteroatoms. The largest absolute Gasteiger partial charge is 0.416 e. The number of aryl methyl sites for hydroxylation is 2. The average Bonchev–Trinajstić information content (AvgIpc) is 3.20. The van der Waals surface area contributed by atoms with Crippen LogP contribution in [0.2, 0.25) is 0 Å². The summed E-state index contributed by atoms with van der Waals surface area (Å²) in [7, 11) is 0. The van der Waals surface area contributed by atoms with Crippen molar-refractivity contribution >= 4 is 11.6 Å². The van der Waals surface area contributed by atoms with Gasteiger partial charge < -0.3 is 5.32 Å². The Hall–Kier alpha value is -3.10. The van der Waals surface area contributed by atoms with E-state index in [4.69, 9.17) is 0 Å². The number of benzene rings is 1. The molecule has 0 spiro atoms. The molecule has 0 unspecified atom stereocenters. The van der Waals surface area contributed by atoms with Crippen LogP contribution in [-0.2, 0) is 19.3 Å². The first-order chi connectivity index (χ1) is 12.8. The van der Waals surface area contributed by atoms with Gasteiger partial charge in [0.05, 0.1) is 35.2 Å². The number of hydrogen-bond donors (Lipinski definition) is 1. The van der Waals surface area contributed by atoms with E-state index >= 15 is 0 Å². The zero-order valence-electron chi connectivity index (χ0n) is 14.8. The van der Waals surface area contributed by atoms with Crippen molar-refractivity contribution in [2.75, 3.05) is 5.32 Å². The summed E-state index contributed by atoms with van der Waals surface area (Å²) in [6.07, 6.45) is 0.292. The van der Waals surface area contributed by atoms with Gasteiger partial charge in [0.15, 0.2) is 0 Å². The van der Waals surface area contributed by atoms with E-state index in [9.17, 15) is 18.0 Å². The predicted molar refractivity (Wildman–Crippen MR) is 93.4 cm³/mol. The number of nitrogens with zero attached hydrogens (tertiary/aromatic N) is 4. The number of alkyl halides is 3. The van der Waals surface area contributed by atoms with E-state index in [1.54, 1.807) is 30.1 Å². The summed E-state index contributed by atoms with van der Waals surface area (Å²) in [4.78, 5) is 12.4. The number of rotatable bonds is 5. The quantitative estimate of drug-likeness (QED) is 0.737. The van der Waals surface area contributed by atoms with E-state index in [0.717, 1.165) is 12.1 Å². The lowest BCUT2D eigenvalue weighted by molar-refractivity contribution is -0.137. The van der Waals surface area contributed by atoms with Crippen LogP contribution in [0.1, 0.15) is 34.1 Å². The molecule has 1 N–H and O–H groups in total. The third-order valence-corrected chi connectivity index (χ3v) is 4.00. The molecule has 6 nitrogen and oxygen atoms in total. The third-order valence-electron chi connectivity index (χ3n) is 4.00. The van der Waals surface area contributed by atoms with Gasteiger partial charge >= 0.3 is 6.18 Å². The van der Waals surface area contributed by atoms with Gasteiger partial charge in [-0.2, -0.15) is 23.4 Å². The van der Waals surface area contributed by atoms with Crippen LogP contribution in [0.15, 0.2) is 42.9 Å². The van der Waals surface area contributed by atoms with Crippen LogP contribution in [0.5, 0.6) is 0 Å². The summed E-state index contributed by atoms with van der Waals surface area (Å²) in [5.74, 6) is -0.314. The Morgan fingerprint density at radius 2 is 2.00 bits per heavy atom. The van der Waals surface area contributed by atoms with E-state index in [1.807, 2.05) is 6.92 Å². The maximum Gasteiger partial charge on any atom is 0.416 e. The van der Waals surface area contributed by atoms with E-state index in [-0.39, 0.29) is 12.5 Å². The molecule has 0 atom stereocenters. The third kappa shape index (κ3) is 4.36. The molecule has 0 aliphatic heterocycles. The first kappa shape index (κ1) is 18.7. The maximum absolute atomic E-state index is 12.8. The Balaban J connectivity index is 1.70. The Morgan fingerprint density at radius 1 is 1.22 bits per heavy atom. The first-order valence-corrected chi connectivity index (χ1v) is 8.30. The van der Waals surface area contributed by atoms with E-state index in [2.05, 4.69) is 15.5 Å². The molecule has 0 saturated carbocycles. The molecular formula is C18H18F3N5O. The fourth-order valence-corrected chi connectivity index (χ4v) is 2.65. The number of amides is 1. The summed E-state index contributed by atoms with van der Waals surface area (Å²) in [6, 6.07) is 5.07. The molecule has 3 aromatic rings. The van der Waals surface area contributed by atoms with Crippen molar-refractivity contribution in [2.24, 2.45) is 0 Å². The molecular weight excluding hydrogens is 359 g/mol. The molecule has 0 fully saturated rings. The molecule has 2 aromatic heterocycles. The molecule has 1 aromatic carbocycles. The van der Waals surface area contributed by atoms with E-state index in [0.29, 0.717) is 29.1 Å². The molecule has 27 heavy (non-hydrogen) atoms. The summed E-state index contributed by atoms with van der Waals surface area (Å²) in [5, 5.41) is 11.0. The van der Waals surface area contributed by atoms with Gasteiger partial charge in [0, 0.05) is 18.9 Å². The van der Waals surface area contributed by atoms with Gasteiger partial charge in [-0.1, -0.05) is 12.1 Å². The minimum Gasteiger partial charge on any atom is -0.319 e. The van der Waals surface area contributed by atoms with Crippen LogP contribution in [0, 0.1) is 6.92 Å². The van der Waals surface area contributed by atoms with Gasteiger partial charge in [0.25, 0.3) is 5.91 Å². The van der Waals surface area contributed by atoms with Crippen molar-refractivity contribution in [1.29, 1.82) is 0 Å². The minimum atomic E-state index is -4.39. The standard InChI is InChI=1S/C18H18F3N5O/c1-3-25-11-16(12(2)24-25)17(27)23-15-8-22-26(10-15)9-13-5-4-6-14(7-13)18(19,20)21/h4-8,10-11H,3,9H2,1-2H3,(H,23,27). The highest BCUT2D eigenvalue weighted by molar-refractivity contribution is 6.04. The fourth-order valence-electron chi connectivity index (χ4n) is 2.65. The SMILES string of the molecule is CCn1cc(C(=O)Nc2cnn(Cc3cccc(C(F)(F)F)c3)c2)c(C)n1. The Labute approximate surface area is 153 Å². The molecule has 142 valence electrons. The molecule has 1 amide bonds. The second kappa shape index (κ2) is 7.26. The van der Waals surface area contributed by atoms with Crippen molar-refractivity contribution in [3.05, 3.63) is 65.2 Å². The van der Waals surface area contributed by atoms with Gasteiger partial charge in [0.2, 0.25) is 0 Å². The Kier molecular flexibility index (Phi) is 5.02. The van der Waals surface area contributed by atoms with Crippen molar-refractivity contribution < 1.29 is 18.0 Å². The summed E-state index contributed by atoms with van der Waals surface area (Å²) < 4.78 is 41.5. The topological polar surface area (TPSA) is 64.7 Å². The first-order valence-electron chi connectivity index (χ1n) is 8.30. The van der Waals surface area contributed by atoms with Crippen molar-refractivity contribution in [3.8, 4) is 0 Å². The van der Waals surface area contributed by atoms with Gasteiger partial charge in [-0.25, -0.2) is 0 Å². The highest BCUT2D eigenvalue weighted by atomic mass is 19.4. The predicted octanol–water partition coefficient (Wildman–Crippen LogP) is 3.73. The molecule has 3 rings (SSSR count). The van der Waals surface area contributed by atoms with Crippen LogP contribution >= 0.6 is 0 Å². The highest BCUT2D eigenvalue weighted by Gasteiger charge is 2.30. The van der Waals surface area contributed by atoms with E-state index in [1.165, 1.54) is 16.9 Å². The van der Waals surface area contributed by atoms with Crippen LogP contribution < -0.4 is 5.32 Å². The molecule has 0 bridgehead atoms. The minimum absolute atomic E-state index is 0.159. The Morgan fingerprint density at radius 3 is 2.67 bits per heavy atom. The van der Waals surface area contributed by atoms with E-state index < -0.39 is 11.7 Å². The zero-order chi connectivity index (χ0) is 19.6. The van der Waals surface area contributed by atoms with Gasteiger partial charge in [-0.3, -0.25) is 14.2 Å². The normalized spacial score (nSPS) is 11.6. The molecule has 0 aliphatic rings. The molecule has 0 aliphatic carbocycles. The molecule has 2 heterocycles. The van der Waals surface area contributed by atoms with Crippen molar-refractivity contribution in [1.82, 2.24) is 19.6 Å². The number of aromatic nitrogens is 4. The second-order valence-electron chi connectivity index (χ2n) is 6.06. The molecule has 0 radical (unpaired) electrons. The highest BCUT2D eigenvalue weighted by Crippen LogP contribution is 2.29. The number of halogens is 3. The second-order valence-corrected chi connectivity index (χ2v) is 6.06.